The standard InChI is InChI=1S/C28H33F4N3O2/c1-28(32,17-36)16-35-8-4-6-21-20-5-2-3-7-24(20)33-26(21)27(35)25-22(30)11-19(12-23(25)31)37-10-9-34-14-18(13-29)15-34/h2-3,5,7,11-12,18,27,33,36H,4,6,8-10,13-17H2,1H3/t27-,28?/m1/s1. The molecule has 0 radical (unpaired) electrons. The number of H-pyrrole nitrogens is 1. The van der Waals surface area contributed by atoms with Crippen LogP contribution >= 0.6 is 0 Å². The molecule has 2 N–H and O–H groups in total. The Morgan fingerprint density at radius 3 is 2.59 bits per heavy atom. The van der Waals surface area contributed by atoms with Gasteiger partial charge in [-0.2, -0.15) is 0 Å². The van der Waals surface area contributed by atoms with E-state index in [1.54, 1.807) is 4.90 Å². The van der Waals surface area contributed by atoms with Crippen LogP contribution in [0.15, 0.2) is 36.4 Å². The van der Waals surface area contributed by atoms with Gasteiger partial charge in [-0.05, 0) is 37.9 Å². The van der Waals surface area contributed by atoms with E-state index >= 15 is 13.2 Å². The molecule has 9 heteroatoms. The Balaban J connectivity index is 1.47. The predicted molar refractivity (Wildman–Crippen MR) is 134 cm³/mol. The molecule has 0 spiro atoms. The number of aryl methyl sites for hydroxylation is 1. The minimum Gasteiger partial charge on any atom is -0.492 e. The molecule has 37 heavy (non-hydrogen) atoms. The van der Waals surface area contributed by atoms with Crippen molar-refractivity contribution in [2.75, 3.05) is 52.6 Å². The number of aromatic amines is 1. The fourth-order valence-corrected chi connectivity index (χ4v) is 5.62. The van der Waals surface area contributed by atoms with Crippen molar-refractivity contribution in [3.63, 3.8) is 0 Å². The van der Waals surface area contributed by atoms with Crippen LogP contribution in [0.2, 0.25) is 0 Å². The Morgan fingerprint density at radius 2 is 1.89 bits per heavy atom. The van der Waals surface area contributed by atoms with Gasteiger partial charge in [0.25, 0.3) is 0 Å². The molecule has 0 bridgehead atoms. The van der Waals surface area contributed by atoms with Crippen LogP contribution < -0.4 is 4.74 Å². The van der Waals surface area contributed by atoms with E-state index in [4.69, 9.17) is 4.74 Å². The van der Waals surface area contributed by atoms with Crippen LogP contribution in [-0.2, 0) is 6.42 Å². The molecule has 1 unspecified atom stereocenters. The molecule has 1 saturated heterocycles. The van der Waals surface area contributed by atoms with Crippen molar-refractivity contribution in [3.8, 4) is 5.75 Å². The van der Waals surface area contributed by atoms with E-state index in [0.717, 1.165) is 16.5 Å². The Bertz CT molecular complexity index is 1220. The number of likely N-dealkylation sites (tertiary alicyclic amines) is 1. The van der Waals surface area contributed by atoms with Crippen LogP contribution in [0.5, 0.6) is 5.75 Å². The molecular weight excluding hydrogens is 486 g/mol. The van der Waals surface area contributed by atoms with Crippen LogP contribution in [0.25, 0.3) is 10.9 Å². The van der Waals surface area contributed by atoms with Crippen molar-refractivity contribution in [2.24, 2.45) is 5.92 Å². The van der Waals surface area contributed by atoms with Crippen molar-refractivity contribution in [3.05, 3.63) is 64.9 Å². The van der Waals surface area contributed by atoms with Gasteiger partial charge < -0.3 is 14.8 Å². The first kappa shape index (κ1) is 26.0. The summed E-state index contributed by atoms with van der Waals surface area (Å²) in [7, 11) is 0. The van der Waals surface area contributed by atoms with Crippen LogP contribution in [0, 0.1) is 17.6 Å². The first-order valence-corrected chi connectivity index (χ1v) is 12.8. The highest BCUT2D eigenvalue weighted by atomic mass is 19.1. The summed E-state index contributed by atoms with van der Waals surface area (Å²) in [6.45, 7) is 2.58. The molecule has 2 aliphatic heterocycles. The Morgan fingerprint density at radius 1 is 1.16 bits per heavy atom. The Hall–Kier alpha value is -2.62. The molecule has 0 saturated carbocycles. The minimum absolute atomic E-state index is 0.0586. The molecule has 2 atom stereocenters. The second-order valence-electron chi connectivity index (χ2n) is 10.5. The highest BCUT2D eigenvalue weighted by Crippen LogP contribution is 2.41. The Labute approximate surface area is 214 Å². The SMILES string of the molecule is CC(F)(CO)CN1CCCc2c([nH]c3ccccc23)[C@H]1c1c(F)cc(OCCN2CC(CF)C2)cc1F. The van der Waals surface area contributed by atoms with Crippen molar-refractivity contribution in [1.82, 2.24) is 14.8 Å². The van der Waals surface area contributed by atoms with Crippen LogP contribution in [0.4, 0.5) is 17.6 Å². The lowest BCUT2D eigenvalue weighted by atomic mass is 9.96. The zero-order valence-electron chi connectivity index (χ0n) is 21.0. The lowest BCUT2D eigenvalue weighted by molar-refractivity contribution is 0.0366. The summed E-state index contributed by atoms with van der Waals surface area (Å²) in [4.78, 5) is 7.09. The van der Waals surface area contributed by atoms with Crippen LogP contribution in [0.3, 0.4) is 0 Å². The summed E-state index contributed by atoms with van der Waals surface area (Å²) in [5.41, 5.74) is 0.339. The molecule has 200 valence electrons. The van der Waals surface area contributed by atoms with Gasteiger partial charge in [-0.25, -0.2) is 13.2 Å². The molecule has 1 aromatic heterocycles. The number of alkyl halides is 2. The number of aliphatic hydroxyl groups excluding tert-OH is 1. The third kappa shape index (κ3) is 5.35. The number of para-hydroxylation sites is 1. The molecule has 5 nitrogen and oxygen atoms in total. The highest BCUT2D eigenvalue weighted by molar-refractivity contribution is 5.85. The summed E-state index contributed by atoms with van der Waals surface area (Å²) >= 11 is 0. The van der Waals surface area contributed by atoms with Crippen molar-refractivity contribution in [1.29, 1.82) is 0 Å². The minimum atomic E-state index is -1.94. The molecule has 3 heterocycles. The maximum absolute atomic E-state index is 15.7. The lowest BCUT2D eigenvalue weighted by Crippen LogP contribution is -2.49. The maximum Gasteiger partial charge on any atom is 0.143 e. The fourth-order valence-electron chi connectivity index (χ4n) is 5.62. The van der Waals surface area contributed by atoms with Gasteiger partial charge in [-0.15, -0.1) is 0 Å². The highest BCUT2D eigenvalue weighted by Gasteiger charge is 2.38. The average molecular weight is 520 g/mol. The summed E-state index contributed by atoms with van der Waals surface area (Å²) in [5.74, 6) is -1.42. The number of aliphatic hydroxyl groups is 1. The van der Waals surface area contributed by atoms with Crippen molar-refractivity contribution >= 4 is 10.9 Å². The number of halogens is 4. The number of benzene rings is 2. The molecule has 5 rings (SSSR count). The molecular formula is C28H33F4N3O2. The molecule has 3 aromatic rings. The number of nitrogens with zero attached hydrogens (tertiary/aromatic N) is 2. The maximum atomic E-state index is 15.7. The lowest BCUT2D eigenvalue weighted by Gasteiger charge is -2.37. The smallest absolute Gasteiger partial charge is 0.143 e. The number of aromatic nitrogens is 1. The van der Waals surface area contributed by atoms with Crippen molar-refractivity contribution < 1.29 is 27.4 Å². The van der Waals surface area contributed by atoms with E-state index in [1.165, 1.54) is 19.1 Å². The molecule has 1 fully saturated rings. The molecule has 0 aliphatic carbocycles. The van der Waals surface area contributed by atoms with Gasteiger partial charge in [0.15, 0.2) is 0 Å². The number of rotatable bonds is 9. The second-order valence-corrected chi connectivity index (χ2v) is 10.5. The molecule has 2 aliphatic rings. The normalized spacial score (nSPS) is 20.9. The van der Waals surface area contributed by atoms with Crippen LogP contribution in [0.1, 0.15) is 36.2 Å². The van der Waals surface area contributed by atoms with Crippen LogP contribution in [-0.4, -0.2) is 78.2 Å². The average Bonchev–Trinajstić information content (AvgIpc) is 3.11. The number of ether oxygens (including phenoxy) is 1. The van der Waals surface area contributed by atoms with E-state index in [1.807, 2.05) is 29.2 Å². The third-order valence-electron chi connectivity index (χ3n) is 7.47. The number of nitrogens with one attached hydrogen (secondary N) is 1. The van der Waals surface area contributed by atoms with Gasteiger partial charge in [0.05, 0.1) is 19.3 Å². The quantitative estimate of drug-likeness (QED) is 0.400. The zero-order chi connectivity index (χ0) is 26.2. The van der Waals surface area contributed by atoms with Gasteiger partial charge in [0, 0.05) is 66.4 Å². The zero-order valence-corrected chi connectivity index (χ0v) is 21.0. The van der Waals surface area contributed by atoms with Gasteiger partial charge in [-0.1, -0.05) is 18.2 Å². The number of fused-ring (bicyclic) bond motifs is 3. The van der Waals surface area contributed by atoms with Crippen molar-refractivity contribution in [2.45, 2.75) is 31.5 Å². The summed E-state index contributed by atoms with van der Waals surface area (Å²) < 4.78 is 64.6. The van der Waals surface area contributed by atoms with Gasteiger partial charge in [-0.3, -0.25) is 14.2 Å². The Kier molecular flexibility index (Phi) is 7.47. The molecule has 0 amide bonds. The van der Waals surface area contributed by atoms with Gasteiger partial charge in [0.1, 0.15) is 29.7 Å². The number of hydrogen-bond acceptors (Lipinski definition) is 4. The van der Waals surface area contributed by atoms with E-state index in [-0.39, 0.29) is 37.1 Å². The fraction of sp³-hybridized carbons (Fsp3) is 0.500. The van der Waals surface area contributed by atoms with Gasteiger partial charge >= 0.3 is 0 Å². The van der Waals surface area contributed by atoms with Gasteiger partial charge in [0.2, 0.25) is 0 Å². The second kappa shape index (κ2) is 10.6. The summed E-state index contributed by atoms with van der Waals surface area (Å²) in [6, 6.07) is 9.14. The number of hydrogen-bond donors (Lipinski definition) is 2. The monoisotopic (exact) mass is 519 g/mol. The summed E-state index contributed by atoms with van der Waals surface area (Å²) in [6.07, 6.45) is 1.36. The van der Waals surface area contributed by atoms with E-state index < -0.39 is 30.0 Å². The van der Waals surface area contributed by atoms with E-state index in [2.05, 4.69) is 4.98 Å². The largest absolute Gasteiger partial charge is 0.492 e. The topological polar surface area (TPSA) is 51.7 Å². The van der Waals surface area contributed by atoms with E-state index in [0.29, 0.717) is 44.7 Å². The third-order valence-corrected chi connectivity index (χ3v) is 7.47. The van der Waals surface area contributed by atoms with E-state index in [9.17, 15) is 9.50 Å². The summed E-state index contributed by atoms with van der Waals surface area (Å²) in [5, 5.41) is 10.6. The predicted octanol–water partition coefficient (Wildman–Crippen LogP) is 4.78. The first-order valence-electron chi connectivity index (χ1n) is 12.8. The first-order chi connectivity index (χ1) is 17.8. The molecule has 2 aromatic carbocycles.